The van der Waals surface area contributed by atoms with E-state index in [1.165, 1.54) is 4.68 Å². The number of aryl methyl sites for hydroxylation is 1. The lowest BCUT2D eigenvalue weighted by molar-refractivity contribution is -0.124. The van der Waals surface area contributed by atoms with Gasteiger partial charge in [-0.15, -0.1) is 0 Å². The summed E-state index contributed by atoms with van der Waals surface area (Å²) in [6.07, 6.45) is 0.831. The summed E-state index contributed by atoms with van der Waals surface area (Å²) >= 11 is 3.39. The third-order valence-electron chi connectivity index (χ3n) is 5.38. The first-order valence-electron chi connectivity index (χ1n) is 10.1. The van der Waals surface area contributed by atoms with Crippen molar-refractivity contribution in [1.82, 2.24) is 9.78 Å². The van der Waals surface area contributed by atoms with Gasteiger partial charge in [0.25, 0.3) is 11.5 Å². The number of aromatic nitrogens is 2. The smallest absolute Gasteiger partial charge is 0.271 e. The lowest BCUT2D eigenvalue weighted by Crippen LogP contribution is -2.49. The molecule has 0 aliphatic heterocycles. The molecule has 1 unspecified atom stereocenters. The highest BCUT2D eigenvalue weighted by Gasteiger charge is 2.36. The minimum absolute atomic E-state index is 0.274. The van der Waals surface area contributed by atoms with Crippen LogP contribution in [0.25, 0.3) is 0 Å². The van der Waals surface area contributed by atoms with Gasteiger partial charge in [0.1, 0.15) is 11.3 Å². The predicted molar refractivity (Wildman–Crippen MR) is 126 cm³/mol. The van der Waals surface area contributed by atoms with Crippen LogP contribution in [-0.2, 0) is 16.8 Å². The average Bonchev–Trinajstić information content (AvgIpc) is 2.77. The molecule has 1 heterocycles. The minimum atomic E-state index is -1.14. The Bertz CT molecular complexity index is 1140. The lowest BCUT2D eigenvalue weighted by atomic mass is 9.96. The number of carbonyl (C=O) groups excluding carboxylic acids is 1. The molecule has 0 saturated heterocycles. The molecule has 0 saturated carbocycles. The number of halogens is 1. The van der Waals surface area contributed by atoms with Crippen molar-refractivity contribution in [2.75, 3.05) is 12.4 Å². The van der Waals surface area contributed by atoms with Gasteiger partial charge in [-0.05, 0) is 68.3 Å². The summed E-state index contributed by atoms with van der Waals surface area (Å²) in [5.41, 5.74) is 1.45. The van der Waals surface area contributed by atoms with Gasteiger partial charge >= 0.3 is 0 Å². The Hall–Kier alpha value is -2.93. The zero-order chi connectivity index (χ0) is 22.6. The van der Waals surface area contributed by atoms with Crippen LogP contribution >= 0.6 is 15.9 Å². The molecule has 1 amide bonds. The van der Waals surface area contributed by atoms with Crippen LogP contribution in [0.4, 0.5) is 5.69 Å². The normalized spacial score (nSPS) is 12.8. The van der Waals surface area contributed by atoms with Crippen molar-refractivity contribution in [3.63, 3.8) is 0 Å². The molecule has 0 aliphatic rings. The summed E-state index contributed by atoms with van der Waals surface area (Å²) in [7, 11) is 1.61. The highest BCUT2D eigenvalue weighted by atomic mass is 79.9. The van der Waals surface area contributed by atoms with Gasteiger partial charge in [0.05, 0.1) is 12.8 Å². The molecule has 3 rings (SSSR count). The molecule has 0 bridgehead atoms. The van der Waals surface area contributed by atoms with Crippen LogP contribution < -0.4 is 15.6 Å². The number of anilines is 1. The van der Waals surface area contributed by atoms with E-state index in [0.29, 0.717) is 29.8 Å². The van der Waals surface area contributed by atoms with Gasteiger partial charge in [0.2, 0.25) is 0 Å². The summed E-state index contributed by atoms with van der Waals surface area (Å²) in [5.74, 6) is 0.445. The fourth-order valence-electron chi connectivity index (χ4n) is 3.35. The highest BCUT2D eigenvalue weighted by Crippen LogP contribution is 2.23. The Morgan fingerprint density at radius 3 is 2.55 bits per heavy atom. The van der Waals surface area contributed by atoms with Crippen LogP contribution in [0, 0.1) is 6.92 Å². The first-order valence-corrected chi connectivity index (χ1v) is 10.9. The van der Waals surface area contributed by atoms with Crippen molar-refractivity contribution in [1.29, 1.82) is 0 Å². The Morgan fingerprint density at radius 1 is 1.19 bits per heavy atom. The van der Waals surface area contributed by atoms with E-state index in [1.807, 2.05) is 50.2 Å². The minimum Gasteiger partial charge on any atom is -0.497 e. The zero-order valence-electron chi connectivity index (χ0n) is 18.1. The molecular formula is C24H26BrN3O3. The summed E-state index contributed by atoms with van der Waals surface area (Å²) in [6.45, 7) is 5.44. The third-order valence-corrected chi connectivity index (χ3v) is 5.91. The molecule has 0 spiro atoms. The van der Waals surface area contributed by atoms with E-state index in [9.17, 15) is 9.59 Å². The maximum Gasteiger partial charge on any atom is 0.271 e. The summed E-state index contributed by atoms with van der Waals surface area (Å²) in [6, 6.07) is 16.7. The van der Waals surface area contributed by atoms with Gasteiger partial charge in [0, 0.05) is 22.1 Å². The molecule has 1 N–H and O–H groups in total. The third kappa shape index (κ3) is 5.05. The largest absolute Gasteiger partial charge is 0.497 e. The SMILES string of the molecule is CCC(C)(C(=O)Nc1ccc(Br)cc1)n1nc(C)cc(Cc2cccc(OC)c2)c1=O. The monoisotopic (exact) mass is 483 g/mol. The van der Waals surface area contributed by atoms with Crippen molar-refractivity contribution in [3.8, 4) is 5.75 Å². The number of hydrogen-bond donors (Lipinski definition) is 1. The van der Waals surface area contributed by atoms with Gasteiger partial charge in [-0.2, -0.15) is 5.10 Å². The van der Waals surface area contributed by atoms with Gasteiger partial charge in [-0.3, -0.25) is 9.59 Å². The molecule has 31 heavy (non-hydrogen) atoms. The molecule has 6 nitrogen and oxygen atoms in total. The van der Waals surface area contributed by atoms with Crippen molar-refractivity contribution < 1.29 is 9.53 Å². The molecular weight excluding hydrogens is 458 g/mol. The van der Waals surface area contributed by atoms with Crippen LogP contribution in [0.1, 0.15) is 37.1 Å². The van der Waals surface area contributed by atoms with E-state index >= 15 is 0 Å². The zero-order valence-corrected chi connectivity index (χ0v) is 19.7. The molecule has 7 heteroatoms. The standard InChI is InChI=1S/C24H26BrN3O3/c1-5-24(3,23(30)26-20-11-9-19(25)10-12-20)28-22(29)18(13-16(2)27-28)14-17-7-6-8-21(15-17)31-4/h6-13,15H,5,14H2,1-4H3,(H,26,30). The first-order chi connectivity index (χ1) is 14.8. The Morgan fingerprint density at radius 2 is 1.90 bits per heavy atom. The number of nitrogens with zero attached hydrogens (tertiary/aromatic N) is 2. The van der Waals surface area contributed by atoms with Crippen LogP contribution in [0.5, 0.6) is 5.75 Å². The number of carbonyl (C=O) groups is 1. The number of amides is 1. The second kappa shape index (κ2) is 9.47. The molecule has 3 aromatic rings. The number of ether oxygens (including phenoxy) is 1. The lowest BCUT2D eigenvalue weighted by Gasteiger charge is -2.29. The molecule has 162 valence electrons. The van der Waals surface area contributed by atoms with Gasteiger partial charge in [0.15, 0.2) is 0 Å². The number of nitrogens with one attached hydrogen (secondary N) is 1. The number of rotatable bonds is 7. The van der Waals surface area contributed by atoms with E-state index in [4.69, 9.17) is 4.74 Å². The fraction of sp³-hybridized carbons (Fsp3) is 0.292. The summed E-state index contributed by atoms with van der Waals surface area (Å²) in [4.78, 5) is 26.6. The molecule has 2 aromatic carbocycles. The van der Waals surface area contributed by atoms with Gasteiger partial charge < -0.3 is 10.1 Å². The second-order valence-corrected chi connectivity index (χ2v) is 8.56. The van der Waals surface area contributed by atoms with E-state index in [2.05, 4.69) is 26.3 Å². The molecule has 0 fully saturated rings. The maximum atomic E-state index is 13.4. The first kappa shape index (κ1) is 22.7. The van der Waals surface area contributed by atoms with E-state index in [0.717, 1.165) is 15.8 Å². The van der Waals surface area contributed by atoms with Crippen molar-refractivity contribution in [3.05, 3.63) is 86.2 Å². The van der Waals surface area contributed by atoms with Gasteiger partial charge in [-0.1, -0.05) is 35.0 Å². The Labute approximate surface area is 190 Å². The molecule has 1 atom stereocenters. The maximum absolute atomic E-state index is 13.4. The molecule has 0 aliphatic carbocycles. The van der Waals surface area contributed by atoms with Crippen molar-refractivity contribution in [2.24, 2.45) is 0 Å². The number of benzene rings is 2. The summed E-state index contributed by atoms with van der Waals surface area (Å²) < 4.78 is 7.53. The van der Waals surface area contributed by atoms with E-state index < -0.39 is 5.54 Å². The van der Waals surface area contributed by atoms with Crippen LogP contribution in [-0.4, -0.2) is 22.8 Å². The quantitative estimate of drug-likeness (QED) is 0.529. The topological polar surface area (TPSA) is 73.2 Å². The van der Waals surface area contributed by atoms with Crippen molar-refractivity contribution in [2.45, 2.75) is 39.2 Å². The van der Waals surface area contributed by atoms with Crippen LogP contribution in [0.2, 0.25) is 0 Å². The fourth-order valence-corrected chi connectivity index (χ4v) is 3.62. The van der Waals surface area contributed by atoms with E-state index in [1.54, 1.807) is 32.2 Å². The van der Waals surface area contributed by atoms with Crippen LogP contribution in [0.3, 0.4) is 0 Å². The Balaban J connectivity index is 1.98. The second-order valence-electron chi connectivity index (χ2n) is 7.64. The predicted octanol–water partition coefficient (Wildman–Crippen LogP) is 4.68. The van der Waals surface area contributed by atoms with Crippen molar-refractivity contribution >= 4 is 27.5 Å². The van der Waals surface area contributed by atoms with Crippen LogP contribution in [0.15, 0.2) is 63.9 Å². The van der Waals surface area contributed by atoms with E-state index in [-0.39, 0.29) is 11.5 Å². The number of methoxy groups -OCH3 is 1. The average molecular weight is 484 g/mol. The molecule has 1 aromatic heterocycles. The number of hydrogen-bond acceptors (Lipinski definition) is 4. The molecule has 0 radical (unpaired) electrons. The highest BCUT2D eigenvalue weighted by molar-refractivity contribution is 9.10. The van der Waals surface area contributed by atoms with Gasteiger partial charge in [-0.25, -0.2) is 4.68 Å². The Kier molecular flexibility index (Phi) is 6.95. The summed E-state index contributed by atoms with van der Waals surface area (Å²) in [5, 5.41) is 7.35.